The fraction of sp³-hybridized carbons (Fsp3) is 0.364. The van der Waals surface area contributed by atoms with E-state index in [0.717, 1.165) is 0 Å². The molecule has 1 aromatic rings. The maximum absolute atomic E-state index is 11.5. The van der Waals surface area contributed by atoms with Gasteiger partial charge < -0.3 is 9.84 Å². The number of hydrogen-bond donors (Lipinski definition) is 1. The molecule has 1 unspecified atom stereocenters. The first-order valence-corrected chi connectivity index (χ1v) is 5.38. The fourth-order valence-corrected chi connectivity index (χ4v) is 1.26. The van der Waals surface area contributed by atoms with Gasteiger partial charge in [-0.1, -0.05) is 37.3 Å². The van der Waals surface area contributed by atoms with Gasteiger partial charge in [-0.25, -0.2) is 14.9 Å². The fourth-order valence-electron chi connectivity index (χ4n) is 1.26. The second kappa shape index (κ2) is 6.55. The van der Waals surface area contributed by atoms with Crippen molar-refractivity contribution in [2.45, 2.75) is 26.2 Å². The third-order valence-electron chi connectivity index (χ3n) is 2.22. The number of benzene rings is 1. The molecule has 1 amide bonds. The molecule has 0 aromatic heterocycles. The lowest BCUT2D eigenvalue weighted by Gasteiger charge is -2.16. The Morgan fingerprint density at radius 1 is 1.50 bits per heavy atom. The van der Waals surface area contributed by atoms with Gasteiger partial charge in [0.2, 0.25) is 0 Å². The Bertz CT molecular complexity index is 409. The summed E-state index contributed by atoms with van der Waals surface area (Å²) >= 11 is 0. The van der Waals surface area contributed by atoms with Gasteiger partial charge in [0.05, 0.1) is 0 Å². The molecule has 1 aromatic carbocycles. The smallest absolute Gasteiger partial charge is 0.441 e. The van der Waals surface area contributed by atoms with E-state index in [0.29, 0.717) is 5.56 Å². The van der Waals surface area contributed by atoms with Crippen LogP contribution >= 0.6 is 0 Å². The first-order valence-electron chi connectivity index (χ1n) is 5.38. The Labute approximate surface area is 104 Å². The minimum absolute atomic E-state index is 0.0431. The topological polar surface area (TPSA) is 92.9 Å². The third kappa shape index (κ3) is 3.70. The van der Waals surface area contributed by atoms with E-state index in [-0.39, 0.29) is 18.0 Å². The standard InChI is InChI=1S/C11H14N2O5/c1-2-10(14)12(13(16)17)11(15)18-8-9-6-4-3-5-7-9/h3-7,10,14H,2,8H2,1H3. The van der Waals surface area contributed by atoms with Crippen LogP contribution in [0.15, 0.2) is 30.3 Å². The van der Waals surface area contributed by atoms with Crippen LogP contribution in [-0.2, 0) is 11.3 Å². The maximum Gasteiger partial charge on any atom is 0.471 e. The Kier molecular flexibility index (Phi) is 5.06. The van der Waals surface area contributed by atoms with E-state index < -0.39 is 17.4 Å². The van der Waals surface area contributed by atoms with E-state index in [2.05, 4.69) is 0 Å². The first-order chi connectivity index (χ1) is 8.56. The Hall–Kier alpha value is -2.15. The molecular formula is C11H14N2O5. The van der Waals surface area contributed by atoms with Gasteiger partial charge in [0.15, 0.2) is 11.3 Å². The highest BCUT2D eigenvalue weighted by atomic mass is 16.7. The van der Waals surface area contributed by atoms with Gasteiger partial charge in [0.25, 0.3) is 0 Å². The lowest BCUT2D eigenvalue weighted by Crippen LogP contribution is -2.44. The molecule has 0 radical (unpaired) electrons. The number of nitro groups is 1. The van der Waals surface area contributed by atoms with Crippen LogP contribution in [0.4, 0.5) is 4.79 Å². The summed E-state index contributed by atoms with van der Waals surface area (Å²) in [5.41, 5.74) is 0.708. The van der Waals surface area contributed by atoms with Crippen molar-refractivity contribution >= 4 is 6.09 Å². The molecule has 0 heterocycles. The Morgan fingerprint density at radius 3 is 2.61 bits per heavy atom. The number of carbonyl (C=O) groups excluding carboxylic acids is 1. The van der Waals surface area contributed by atoms with Crippen LogP contribution in [-0.4, -0.2) is 27.5 Å². The monoisotopic (exact) mass is 254 g/mol. The van der Waals surface area contributed by atoms with Crippen molar-refractivity contribution in [3.8, 4) is 0 Å². The minimum Gasteiger partial charge on any atom is -0.441 e. The molecule has 1 rings (SSSR count). The van der Waals surface area contributed by atoms with Crippen molar-refractivity contribution in [1.82, 2.24) is 5.01 Å². The average Bonchev–Trinajstić information content (AvgIpc) is 2.37. The summed E-state index contributed by atoms with van der Waals surface area (Å²) in [6.07, 6.45) is -2.64. The number of carbonyl (C=O) groups is 1. The number of hydrazine groups is 1. The van der Waals surface area contributed by atoms with Gasteiger partial charge in [-0.05, 0) is 12.0 Å². The number of nitrogens with zero attached hydrogens (tertiary/aromatic N) is 2. The normalized spacial score (nSPS) is 11.7. The lowest BCUT2D eigenvalue weighted by molar-refractivity contribution is -0.654. The number of hydrogen-bond acceptors (Lipinski definition) is 5. The van der Waals surface area contributed by atoms with Crippen molar-refractivity contribution in [2.24, 2.45) is 0 Å². The maximum atomic E-state index is 11.5. The molecule has 0 aliphatic carbocycles. The minimum atomic E-state index is -1.50. The Morgan fingerprint density at radius 2 is 2.11 bits per heavy atom. The van der Waals surface area contributed by atoms with Crippen molar-refractivity contribution in [1.29, 1.82) is 0 Å². The third-order valence-corrected chi connectivity index (χ3v) is 2.22. The van der Waals surface area contributed by atoms with Crippen LogP contribution in [0.3, 0.4) is 0 Å². The van der Waals surface area contributed by atoms with Crippen molar-refractivity contribution in [2.75, 3.05) is 0 Å². The highest BCUT2D eigenvalue weighted by molar-refractivity contribution is 5.66. The van der Waals surface area contributed by atoms with Crippen LogP contribution < -0.4 is 0 Å². The average molecular weight is 254 g/mol. The van der Waals surface area contributed by atoms with Gasteiger partial charge in [0, 0.05) is 5.01 Å². The van der Waals surface area contributed by atoms with E-state index in [9.17, 15) is 20.0 Å². The molecule has 1 N–H and O–H groups in total. The molecule has 18 heavy (non-hydrogen) atoms. The van der Waals surface area contributed by atoms with Crippen LogP contribution in [0, 0.1) is 10.1 Å². The van der Waals surface area contributed by atoms with Gasteiger partial charge >= 0.3 is 6.09 Å². The SMILES string of the molecule is CCC(O)N(C(=O)OCc1ccccc1)[N+](=O)[O-]. The number of amides is 1. The number of ether oxygens (including phenoxy) is 1. The molecular weight excluding hydrogens is 240 g/mol. The summed E-state index contributed by atoms with van der Waals surface area (Å²) in [7, 11) is 0. The molecule has 98 valence electrons. The van der Waals surface area contributed by atoms with E-state index >= 15 is 0 Å². The lowest BCUT2D eigenvalue weighted by atomic mass is 10.2. The second-order valence-electron chi connectivity index (χ2n) is 3.51. The Balaban J connectivity index is 2.60. The second-order valence-corrected chi connectivity index (χ2v) is 3.51. The zero-order chi connectivity index (χ0) is 13.5. The van der Waals surface area contributed by atoms with Gasteiger partial charge in [-0.15, -0.1) is 0 Å². The number of rotatable bonds is 5. The number of aliphatic hydroxyl groups excluding tert-OH is 1. The molecule has 0 saturated heterocycles. The first kappa shape index (κ1) is 13.9. The summed E-state index contributed by atoms with van der Waals surface area (Å²) in [5.74, 6) is 0. The molecule has 7 nitrogen and oxygen atoms in total. The van der Waals surface area contributed by atoms with Crippen molar-refractivity contribution < 1.29 is 19.7 Å². The molecule has 0 aliphatic heterocycles. The summed E-state index contributed by atoms with van der Waals surface area (Å²) < 4.78 is 4.76. The van der Waals surface area contributed by atoms with E-state index in [1.165, 1.54) is 6.92 Å². The van der Waals surface area contributed by atoms with Crippen LogP contribution in [0.25, 0.3) is 0 Å². The van der Waals surface area contributed by atoms with Crippen LogP contribution in [0.5, 0.6) is 0 Å². The van der Waals surface area contributed by atoms with E-state index in [1.54, 1.807) is 30.3 Å². The highest BCUT2D eigenvalue weighted by Gasteiger charge is 2.32. The molecule has 0 saturated carbocycles. The highest BCUT2D eigenvalue weighted by Crippen LogP contribution is 2.07. The quantitative estimate of drug-likeness (QED) is 0.488. The van der Waals surface area contributed by atoms with E-state index in [1.807, 2.05) is 0 Å². The molecule has 0 bridgehead atoms. The van der Waals surface area contributed by atoms with Crippen molar-refractivity contribution in [3.63, 3.8) is 0 Å². The predicted molar refractivity (Wildman–Crippen MR) is 61.8 cm³/mol. The molecule has 0 aliphatic rings. The molecule has 0 spiro atoms. The molecule has 1 atom stereocenters. The molecule has 0 fully saturated rings. The van der Waals surface area contributed by atoms with Crippen LogP contribution in [0.1, 0.15) is 18.9 Å². The number of aliphatic hydroxyl groups is 1. The summed E-state index contributed by atoms with van der Waals surface area (Å²) in [4.78, 5) is 22.1. The summed E-state index contributed by atoms with van der Waals surface area (Å²) in [6.45, 7) is 1.44. The predicted octanol–water partition coefficient (Wildman–Crippen LogP) is 1.55. The zero-order valence-electron chi connectivity index (χ0n) is 9.85. The van der Waals surface area contributed by atoms with Gasteiger partial charge in [-0.3, -0.25) is 0 Å². The van der Waals surface area contributed by atoms with Crippen molar-refractivity contribution in [3.05, 3.63) is 46.0 Å². The zero-order valence-corrected chi connectivity index (χ0v) is 9.85. The van der Waals surface area contributed by atoms with Gasteiger partial charge in [-0.2, -0.15) is 0 Å². The van der Waals surface area contributed by atoms with E-state index in [4.69, 9.17) is 4.74 Å². The van der Waals surface area contributed by atoms with Crippen LogP contribution in [0.2, 0.25) is 0 Å². The van der Waals surface area contributed by atoms with Gasteiger partial charge in [0.1, 0.15) is 6.61 Å². The molecule has 7 heteroatoms. The largest absolute Gasteiger partial charge is 0.471 e. The summed E-state index contributed by atoms with van der Waals surface area (Å²) in [5, 5.41) is 19.1. The summed E-state index contributed by atoms with van der Waals surface area (Å²) in [6, 6.07) is 8.76.